The van der Waals surface area contributed by atoms with Gasteiger partial charge in [0, 0.05) is 0 Å². The average Bonchev–Trinajstić information content (AvgIpc) is 1.86. The molecule has 0 spiro atoms. The molecule has 0 heterocycles. The van der Waals surface area contributed by atoms with Gasteiger partial charge in [0.05, 0.1) is 0 Å². The minimum absolute atomic E-state index is 0.105. The zero-order valence-electron chi connectivity index (χ0n) is 5.45. The van der Waals surface area contributed by atoms with E-state index < -0.39 is 18.3 Å². The van der Waals surface area contributed by atoms with E-state index in [4.69, 9.17) is 0 Å². The molecule has 0 aliphatic heterocycles. The van der Waals surface area contributed by atoms with Crippen molar-refractivity contribution in [3.05, 3.63) is 12.7 Å². The molecule has 0 bridgehead atoms. The SMILES string of the molecule is C=CC(F)(F)C(F)C(C)F. The maximum Gasteiger partial charge on any atom is 0.299 e. The fraction of sp³-hybridized carbons (Fsp3) is 0.667. The highest BCUT2D eigenvalue weighted by Gasteiger charge is 2.40. The van der Waals surface area contributed by atoms with Crippen molar-refractivity contribution in [2.45, 2.75) is 25.2 Å². The van der Waals surface area contributed by atoms with Crippen molar-refractivity contribution in [1.29, 1.82) is 0 Å². The zero-order chi connectivity index (χ0) is 8.36. The summed E-state index contributed by atoms with van der Waals surface area (Å²) in [6.07, 6.45) is -4.86. The minimum atomic E-state index is -3.76. The third-order valence-corrected chi connectivity index (χ3v) is 1.04. The Morgan fingerprint density at radius 2 is 1.80 bits per heavy atom. The zero-order valence-corrected chi connectivity index (χ0v) is 5.45. The predicted molar refractivity (Wildman–Crippen MR) is 30.6 cm³/mol. The molecular weight excluding hydrogens is 148 g/mol. The molecule has 0 aromatic carbocycles. The molecule has 0 saturated carbocycles. The van der Waals surface area contributed by atoms with Gasteiger partial charge in [0.25, 0.3) is 5.92 Å². The van der Waals surface area contributed by atoms with Crippen molar-refractivity contribution in [1.82, 2.24) is 0 Å². The van der Waals surface area contributed by atoms with E-state index in [1.165, 1.54) is 0 Å². The van der Waals surface area contributed by atoms with Crippen LogP contribution >= 0.6 is 0 Å². The summed E-state index contributed by atoms with van der Waals surface area (Å²) in [5.74, 6) is -3.76. The second kappa shape index (κ2) is 3.03. The fourth-order valence-electron chi connectivity index (χ4n) is 0.419. The first-order valence-electron chi connectivity index (χ1n) is 2.71. The lowest BCUT2D eigenvalue weighted by Gasteiger charge is -2.16. The molecule has 10 heavy (non-hydrogen) atoms. The quantitative estimate of drug-likeness (QED) is 0.435. The highest BCUT2D eigenvalue weighted by atomic mass is 19.3. The van der Waals surface area contributed by atoms with Crippen LogP contribution in [-0.2, 0) is 0 Å². The van der Waals surface area contributed by atoms with Crippen LogP contribution in [0.5, 0.6) is 0 Å². The van der Waals surface area contributed by atoms with Crippen molar-refractivity contribution < 1.29 is 17.6 Å². The highest BCUT2D eigenvalue weighted by Crippen LogP contribution is 2.26. The second-order valence-corrected chi connectivity index (χ2v) is 1.96. The van der Waals surface area contributed by atoms with Crippen molar-refractivity contribution in [2.75, 3.05) is 0 Å². The van der Waals surface area contributed by atoms with Crippen molar-refractivity contribution in [3.8, 4) is 0 Å². The molecule has 0 aliphatic rings. The maximum absolute atomic E-state index is 12.1. The standard InChI is InChI=1S/C6H8F4/c1-3-6(9,10)5(8)4(2)7/h3-5H,1H2,2H3. The van der Waals surface area contributed by atoms with Gasteiger partial charge in [-0.2, -0.15) is 8.78 Å². The molecule has 2 atom stereocenters. The molecule has 0 fully saturated rings. The van der Waals surface area contributed by atoms with Gasteiger partial charge in [-0.05, 0) is 13.0 Å². The van der Waals surface area contributed by atoms with Gasteiger partial charge in [0.1, 0.15) is 6.17 Å². The van der Waals surface area contributed by atoms with E-state index in [0.717, 1.165) is 6.92 Å². The van der Waals surface area contributed by atoms with Crippen LogP contribution < -0.4 is 0 Å². The molecule has 0 aromatic rings. The molecule has 0 amide bonds. The van der Waals surface area contributed by atoms with Gasteiger partial charge in [-0.25, -0.2) is 8.78 Å². The van der Waals surface area contributed by atoms with Gasteiger partial charge in [-0.3, -0.25) is 0 Å². The van der Waals surface area contributed by atoms with E-state index in [0.29, 0.717) is 0 Å². The number of halogens is 4. The van der Waals surface area contributed by atoms with Crippen LogP contribution in [0.4, 0.5) is 17.6 Å². The molecular formula is C6H8F4. The Labute approximate surface area is 56.5 Å². The first kappa shape index (κ1) is 9.46. The van der Waals surface area contributed by atoms with E-state index in [2.05, 4.69) is 6.58 Å². The summed E-state index contributed by atoms with van der Waals surface area (Å²) in [6, 6.07) is 0. The van der Waals surface area contributed by atoms with Gasteiger partial charge in [-0.15, -0.1) is 0 Å². The van der Waals surface area contributed by atoms with Crippen LogP contribution in [0.25, 0.3) is 0 Å². The topological polar surface area (TPSA) is 0 Å². The number of allylic oxidation sites excluding steroid dienone is 1. The maximum atomic E-state index is 12.1. The second-order valence-electron chi connectivity index (χ2n) is 1.96. The molecule has 4 heteroatoms. The molecule has 0 rings (SSSR count). The molecule has 2 unspecified atom stereocenters. The van der Waals surface area contributed by atoms with E-state index >= 15 is 0 Å². The van der Waals surface area contributed by atoms with Crippen LogP contribution in [0.1, 0.15) is 6.92 Å². The Kier molecular flexibility index (Phi) is 2.87. The summed E-state index contributed by atoms with van der Waals surface area (Å²) in [5.41, 5.74) is 0. The van der Waals surface area contributed by atoms with Crippen LogP contribution in [0.2, 0.25) is 0 Å². The average molecular weight is 156 g/mol. The van der Waals surface area contributed by atoms with Gasteiger partial charge >= 0.3 is 0 Å². The minimum Gasteiger partial charge on any atom is -0.244 e. The molecule has 0 nitrogen and oxygen atoms in total. The van der Waals surface area contributed by atoms with Crippen molar-refractivity contribution in [2.24, 2.45) is 0 Å². The van der Waals surface area contributed by atoms with Crippen LogP contribution in [0.15, 0.2) is 12.7 Å². The van der Waals surface area contributed by atoms with Gasteiger partial charge in [-0.1, -0.05) is 6.58 Å². The highest BCUT2D eigenvalue weighted by molar-refractivity contribution is 4.95. The molecule has 0 aromatic heterocycles. The Morgan fingerprint density at radius 3 is 1.90 bits per heavy atom. The summed E-state index contributed by atoms with van der Waals surface area (Å²) in [4.78, 5) is 0. The van der Waals surface area contributed by atoms with E-state index in [1.54, 1.807) is 0 Å². The fourth-order valence-corrected chi connectivity index (χ4v) is 0.419. The first-order valence-corrected chi connectivity index (χ1v) is 2.71. The van der Waals surface area contributed by atoms with Crippen LogP contribution in [-0.4, -0.2) is 18.3 Å². The summed E-state index contributed by atoms with van der Waals surface area (Å²) < 4.78 is 48.1. The number of hydrogen-bond acceptors (Lipinski definition) is 0. The summed E-state index contributed by atoms with van der Waals surface area (Å²) in [6.45, 7) is 3.42. The third-order valence-electron chi connectivity index (χ3n) is 1.04. The summed E-state index contributed by atoms with van der Waals surface area (Å²) >= 11 is 0. The normalized spacial score (nSPS) is 18.1. The predicted octanol–water partition coefficient (Wildman–Crippen LogP) is 2.50. The van der Waals surface area contributed by atoms with E-state index in [-0.39, 0.29) is 6.08 Å². The van der Waals surface area contributed by atoms with E-state index in [1.807, 2.05) is 0 Å². The Hall–Kier alpha value is -0.540. The molecule has 0 aliphatic carbocycles. The van der Waals surface area contributed by atoms with Gasteiger partial charge < -0.3 is 0 Å². The summed E-state index contributed by atoms with van der Waals surface area (Å²) in [7, 11) is 0. The Bertz CT molecular complexity index is 119. The molecule has 60 valence electrons. The monoisotopic (exact) mass is 156 g/mol. The Morgan fingerprint density at radius 1 is 1.40 bits per heavy atom. The molecule has 0 saturated heterocycles. The van der Waals surface area contributed by atoms with Gasteiger partial charge in [0.15, 0.2) is 6.17 Å². The molecule has 0 N–H and O–H groups in total. The first-order chi connectivity index (χ1) is 4.41. The van der Waals surface area contributed by atoms with Crippen LogP contribution in [0.3, 0.4) is 0 Å². The summed E-state index contributed by atoms with van der Waals surface area (Å²) in [5, 5.41) is 0. The van der Waals surface area contributed by atoms with Crippen LogP contribution in [0, 0.1) is 0 Å². The Balaban J connectivity index is 4.17. The number of hydrogen-bond donors (Lipinski definition) is 0. The van der Waals surface area contributed by atoms with Gasteiger partial charge in [0.2, 0.25) is 0 Å². The lowest BCUT2D eigenvalue weighted by Crippen LogP contribution is -2.33. The molecule has 0 radical (unpaired) electrons. The van der Waals surface area contributed by atoms with Crippen molar-refractivity contribution >= 4 is 0 Å². The van der Waals surface area contributed by atoms with Crippen molar-refractivity contribution in [3.63, 3.8) is 0 Å². The smallest absolute Gasteiger partial charge is 0.244 e. The lowest BCUT2D eigenvalue weighted by atomic mass is 10.1. The largest absolute Gasteiger partial charge is 0.299 e. The third kappa shape index (κ3) is 2.01. The number of rotatable bonds is 3. The number of alkyl halides is 4. The lowest BCUT2D eigenvalue weighted by molar-refractivity contribution is -0.0561. The van der Waals surface area contributed by atoms with E-state index in [9.17, 15) is 17.6 Å².